The average Bonchev–Trinajstić information content (AvgIpc) is 3.67. The van der Waals surface area contributed by atoms with Crippen molar-refractivity contribution in [3.05, 3.63) is 82.6 Å². The highest BCUT2D eigenvalue weighted by atomic mass is 35.5. The molecule has 0 aliphatic carbocycles. The van der Waals surface area contributed by atoms with Gasteiger partial charge in [-0.25, -0.2) is 25.6 Å². The Bertz CT molecular complexity index is 2150. The van der Waals surface area contributed by atoms with Crippen molar-refractivity contribution in [2.24, 2.45) is 0 Å². The van der Waals surface area contributed by atoms with Crippen molar-refractivity contribution in [2.75, 3.05) is 10.6 Å². The summed E-state index contributed by atoms with van der Waals surface area (Å²) in [5.41, 5.74) is 0.875. The SMILES string of the molecule is CC(C)(C)c1cc(NC(=O)C(C)(C)S(=O)(=O)c2ccc(Cl)cc2F)on1.CC(C)(C)c1cc(NC(=O)C(C)(C)S(=O)(=O)c2ccccc2F)n[nH]1. The first-order chi connectivity index (χ1) is 23.1. The van der Waals surface area contributed by atoms with E-state index in [1.807, 2.05) is 41.5 Å². The van der Waals surface area contributed by atoms with Crippen molar-refractivity contribution < 1.29 is 39.7 Å². The molecule has 17 heteroatoms. The van der Waals surface area contributed by atoms with Gasteiger partial charge in [0, 0.05) is 33.7 Å². The molecule has 4 aromatic rings. The molecule has 0 unspecified atom stereocenters. The van der Waals surface area contributed by atoms with E-state index in [1.165, 1.54) is 52.0 Å². The lowest BCUT2D eigenvalue weighted by Gasteiger charge is -2.23. The van der Waals surface area contributed by atoms with Crippen LogP contribution in [0.25, 0.3) is 0 Å². The molecule has 51 heavy (non-hydrogen) atoms. The summed E-state index contributed by atoms with van der Waals surface area (Å²) in [5, 5.41) is 15.6. The summed E-state index contributed by atoms with van der Waals surface area (Å²) in [6.07, 6.45) is 0. The van der Waals surface area contributed by atoms with Gasteiger partial charge in [-0.3, -0.25) is 20.0 Å². The van der Waals surface area contributed by atoms with Crippen LogP contribution in [-0.2, 0) is 40.1 Å². The van der Waals surface area contributed by atoms with E-state index in [2.05, 4.69) is 26.0 Å². The first-order valence-corrected chi connectivity index (χ1v) is 18.8. The third kappa shape index (κ3) is 8.84. The van der Waals surface area contributed by atoms with Crippen molar-refractivity contribution in [1.82, 2.24) is 15.4 Å². The van der Waals surface area contributed by atoms with Crippen LogP contribution in [0.5, 0.6) is 0 Å². The Balaban J connectivity index is 0.000000276. The number of halogens is 3. The number of nitrogens with zero attached hydrogens (tertiary/aromatic N) is 2. The number of aromatic nitrogens is 3. The molecule has 0 fully saturated rings. The maximum atomic E-state index is 14.1. The van der Waals surface area contributed by atoms with Crippen LogP contribution in [0.3, 0.4) is 0 Å². The van der Waals surface area contributed by atoms with Crippen LogP contribution in [0.15, 0.2) is 68.9 Å². The van der Waals surface area contributed by atoms with Gasteiger partial charge in [-0.15, -0.1) is 0 Å². The predicted octanol–water partition coefficient (Wildman–Crippen LogP) is 6.99. The summed E-state index contributed by atoms with van der Waals surface area (Å²) < 4.78 is 80.3. The summed E-state index contributed by atoms with van der Waals surface area (Å²) in [4.78, 5) is 24.0. The van der Waals surface area contributed by atoms with Crippen molar-refractivity contribution in [3.8, 4) is 0 Å². The number of hydrogen-bond acceptors (Lipinski definition) is 9. The van der Waals surface area contributed by atoms with Crippen LogP contribution >= 0.6 is 11.6 Å². The molecule has 0 atom stereocenters. The minimum absolute atomic E-state index is 0.0137. The standard InChI is InChI=1S/C17H20ClFN2O4S.C17H22FN3O3S/c1-16(2,3)13-9-14(25-21-13)20-15(22)17(4,5)26(23,24)12-7-6-10(18)8-11(12)19;1-16(2,3)13-10-14(21-20-13)19-15(22)17(4,5)25(23,24)12-9-7-6-8-11(12)18/h6-9H,1-5H3,(H,20,22);6-10H,1-5H3,(H2,19,20,21,22). The summed E-state index contributed by atoms with van der Waals surface area (Å²) in [5.74, 6) is -3.34. The second-order valence-corrected chi connectivity index (χ2v) is 20.1. The Hall–Kier alpha value is -4.15. The molecule has 3 N–H and O–H groups in total. The molecule has 0 bridgehead atoms. The lowest BCUT2D eigenvalue weighted by Crippen LogP contribution is -2.44. The van der Waals surface area contributed by atoms with Crippen molar-refractivity contribution in [3.63, 3.8) is 0 Å². The first kappa shape index (κ1) is 41.3. The van der Waals surface area contributed by atoms with Gasteiger partial charge in [0.25, 0.3) is 0 Å². The van der Waals surface area contributed by atoms with Gasteiger partial charge in [0.15, 0.2) is 25.5 Å². The molecule has 0 radical (unpaired) electrons. The van der Waals surface area contributed by atoms with Crippen LogP contribution in [0.2, 0.25) is 5.02 Å². The topological polar surface area (TPSA) is 181 Å². The van der Waals surface area contributed by atoms with Gasteiger partial charge in [-0.05, 0) is 58.0 Å². The largest absolute Gasteiger partial charge is 0.338 e. The van der Waals surface area contributed by atoms with Crippen LogP contribution < -0.4 is 10.6 Å². The highest BCUT2D eigenvalue weighted by Gasteiger charge is 2.45. The van der Waals surface area contributed by atoms with Crippen LogP contribution in [0, 0.1) is 11.6 Å². The number of rotatable bonds is 8. The Kier molecular flexibility index (Phi) is 11.7. The van der Waals surface area contributed by atoms with E-state index >= 15 is 0 Å². The summed E-state index contributed by atoms with van der Waals surface area (Å²) >= 11 is 5.66. The van der Waals surface area contributed by atoms with E-state index in [0.29, 0.717) is 5.69 Å². The second-order valence-electron chi connectivity index (χ2n) is 14.7. The molecule has 2 heterocycles. The fourth-order valence-corrected chi connectivity index (χ4v) is 7.13. The predicted molar refractivity (Wildman–Crippen MR) is 190 cm³/mol. The van der Waals surface area contributed by atoms with E-state index < -0.39 is 62.4 Å². The van der Waals surface area contributed by atoms with E-state index in [-0.39, 0.29) is 27.6 Å². The van der Waals surface area contributed by atoms with Crippen molar-refractivity contribution >= 4 is 54.8 Å². The van der Waals surface area contributed by atoms with Gasteiger partial charge in [0.1, 0.15) is 30.9 Å². The molecule has 0 saturated heterocycles. The molecule has 4 rings (SSSR count). The van der Waals surface area contributed by atoms with Crippen LogP contribution in [-0.4, -0.2) is 53.5 Å². The zero-order valence-corrected chi connectivity index (χ0v) is 32.3. The molecule has 278 valence electrons. The smallest absolute Gasteiger partial charge is 0.248 e. The molecular weight excluding hydrogens is 728 g/mol. The molecule has 0 aliphatic heterocycles. The summed E-state index contributed by atoms with van der Waals surface area (Å²) in [6, 6.07) is 11.3. The van der Waals surface area contributed by atoms with E-state index in [1.54, 1.807) is 6.07 Å². The lowest BCUT2D eigenvalue weighted by atomic mass is 9.92. The molecule has 2 amide bonds. The fraction of sp³-hybridized carbons (Fsp3) is 0.412. The van der Waals surface area contributed by atoms with Gasteiger partial charge >= 0.3 is 0 Å². The van der Waals surface area contributed by atoms with Gasteiger partial charge < -0.3 is 9.84 Å². The second kappa shape index (κ2) is 14.5. The first-order valence-electron chi connectivity index (χ1n) is 15.5. The normalized spacial score (nSPS) is 12.9. The Morgan fingerprint density at radius 3 is 1.73 bits per heavy atom. The van der Waals surface area contributed by atoms with Gasteiger partial charge in [0.2, 0.25) is 17.7 Å². The van der Waals surface area contributed by atoms with Gasteiger partial charge in [-0.2, -0.15) is 5.10 Å². The Morgan fingerprint density at radius 1 is 0.725 bits per heavy atom. The molecule has 12 nitrogen and oxygen atoms in total. The lowest BCUT2D eigenvalue weighted by molar-refractivity contribution is -0.118. The van der Waals surface area contributed by atoms with Crippen molar-refractivity contribution in [1.29, 1.82) is 0 Å². The van der Waals surface area contributed by atoms with E-state index in [0.717, 1.165) is 30.0 Å². The van der Waals surface area contributed by atoms with Crippen LogP contribution in [0.1, 0.15) is 80.6 Å². The van der Waals surface area contributed by atoms with Crippen molar-refractivity contribution in [2.45, 2.75) is 99.4 Å². The highest BCUT2D eigenvalue weighted by molar-refractivity contribution is 7.94. The molecule has 2 aromatic carbocycles. The quantitative estimate of drug-likeness (QED) is 0.170. The average molecular weight is 770 g/mol. The van der Waals surface area contributed by atoms with E-state index in [4.69, 9.17) is 16.1 Å². The number of nitrogens with one attached hydrogen (secondary N) is 3. The number of aromatic amines is 1. The van der Waals surface area contributed by atoms with Gasteiger partial charge in [-0.1, -0.05) is 70.4 Å². The minimum atomic E-state index is -4.33. The molecule has 0 spiro atoms. The number of amides is 2. The fourth-order valence-electron chi connectivity index (χ4n) is 4.14. The highest BCUT2D eigenvalue weighted by Crippen LogP contribution is 2.32. The zero-order valence-electron chi connectivity index (χ0n) is 29.9. The third-order valence-corrected chi connectivity index (χ3v) is 13.0. The number of anilines is 2. The monoisotopic (exact) mass is 769 g/mol. The number of H-pyrrole nitrogens is 1. The number of carbonyl (C=O) groups excluding carboxylic acids is 2. The Labute approximate surface area is 301 Å². The van der Waals surface area contributed by atoms with Crippen LogP contribution in [0.4, 0.5) is 20.5 Å². The van der Waals surface area contributed by atoms with Gasteiger partial charge in [0.05, 0.1) is 5.69 Å². The third-order valence-electron chi connectivity index (χ3n) is 7.89. The Morgan fingerprint density at radius 2 is 1.25 bits per heavy atom. The molecule has 0 saturated carbocycles. The summed E-state index contributed by atoms with van der Waals surface area (Å²) in [6.45, 7) is 16.5. The number of hydrogen-bond donors (Lipinski definition) is 3. The molecule has 2 aromatic heterocycles. The molecular formula is C34H42ClF2N5O7S2. The van der Waals surface area contributed by atoms with E-state index in [9.17, 15) is 35.2 Å². The zero-order chi connectivity index (χ0) is 39.0. The number of carbonyl (C=O) groups is 2. The number of sulfone groups is 2. The summed E-state index contributed by atoms with van der Waals surface area (Å²) in [7, 11) is -8.57. The number of benzene rings is 2. The minimum Gasteiger partial charge on any atom is -0.338 e. The maximum Gasteiger partial charge on any atom is 0.248 e. The molecule has 0 aliphatic rings. The maximum absolute atomic E-state index is 14.1.